The highest BCUT2D eigenvalue weighted by Gasteiger charge is 2.00. The number of nitrogen functional groups attached to an aromatic ring is 1. The summed E-state index contributed by atoms with van der Waals surface area (Å²) in [5.74, 6) is 0.708. The van der Waals surface area contributed by atoms with Gasteiger partial charge in [-0.15, -0.1) is 0 Å². The molecule has 0 radical (unpaired) electrons. The molecule has 1 aromatic rings. The highest BCUT2D eigenvalue weighted by Crippen LogP contribution is 2.21. The van der Waals surface area contributed by atoms with Crippen molar-refractivity contribution in [1.29, 1.82) is 0 Å². The van der Waals surface area contributed by atoms with E-state index in [1.54, 1.807) is 7.11 Å². The number of hydrogen-bond donors (Lipinski definition) is 1. The largest absolute Gasteiger partial charge is 0.489 e. The molecule has 1 aromatic carbocycles. The monoisotopic (exact) mass is 269 g/mol. The number of ether oxygens (including phenoxy) is 4. The lowest BCUT2D eigenvalue weighted by molar-refractivity contribution is 0.0180. The zero-order chi connectivity index (χ0) is 13.9. The van der Waals surface area contributed by atoms with Gasteiger partial charge in [0.2, 0.25) is 0 Å². The zero-order valence-electron chi connectivity index (χ0n) is 11.7. The third-order valence-corrected chi connectivity index (χ3v) is 2.46. The molecule has 0 aliphatic heterocycles. The maximum atomic E-state index is 5.80. The molecule has 0 saturated carbocycles. The van der Waals surface area contributed by atoms with Crippen LogP contribution in [0, 0.1) is 6.92 Å². The van der Waals surface area contributed by atoms with Crippen molar-refractivity contribution < 1.29 is 18.9 Å². The Hall–Kier alpha value is -1.30. The minimum Gasteiger partial charge on any atom is -0.489 e. The minimum absolute atomic E-state index is 0.478. The van der Waals surface area contributed by atoms with E-state index in [9.17, 15) is 0 Å². The van der Waals surface area contributed by atoms with E-state index >= 15 is 0 Å². The number of anilines is 1. The molecule has 5 heteroatoms. The lowest BCUT2D eigenvalue weighted by Gasteiger charge is -2.10. The molecule has 1 rings (SSSR count). The van der Waals surface area contributed by atoms with Crippen LogP contribution in [0.5, 0.6) is 5.75 Å². The fraction of sp³-hybridized carbons (Fsp3) is 0.571. The van der Waals surface area contributed by atoms with Gasteiger partial charge in [-0.2, -0.15) is 0 Å². The number of benzene rings is 1. The third kappa shape index (κ3) is 7.00. The fourth-order valence-corrected chi connectivity index (χ4v) is 1.44. The van der Waals surface area contributed by atoms with Crippen LogP contribution < -0.4 is 10.5 Å². The van der Waals surface area contributed by atoms with Gasteiger partial charge in [0.25, 0.3) is 0 Å². The summed E-state index contributed by atoms with van der Waals surface area (Å²) in [5.41, 5.74) is 7.57. The molecule has 0 saturated heterocycles. The Morgan fingerprint density at radius 3 is 2.26 bits per heavy atom. The van der Waals surface area contributed by atoms with E-state index in [-0.39, 0.29) is 0 Å². The van der Waals surface area contributed by atoms with Crippen molar-refractivity contribution in [2.45, 2.75) is 6.92 Å². The van der Waals surface area contributed by atoms with Crippen LogP contribution in [0.2, 0.25) is 0 Å². The average molecular weight is 269 g/mol. The van der Waals surface area contributed by atoms with Crippen LogP contribution in [0.15, 0.2) is 18.2 Å². The lowest BCUT2D eigenvalue weighted by Crippen LogP contribution is -2.12. The molecule has 0 spiro atoms. The predicted octanol–water partition coefficient (Wildman–Crippen LogP) is 1.64. The second-order valence-electron chi connectivity index (χ2n) is 4.11. The first kappa shape index (κ1) is 15.8. The molecule has 0 amide bonds. The van der Waals surface area contributed by atoms with Gasteiger partial charge >= 0.3 is 0 Å². The van der Waals surface area contributed by atoms with Gasteiger partial charge in [0.1, 0.15) is 12.4 Å². The molecule has 2 N–H and O–H groups in total. The first-order chi connectivity index (χ1) is 9.24. The van der Waals surface area contributed by atoms with Crippen LogP contribution in [-0.2, 0) is 14.2 Å². The highest BCUT2D eigenvalue weighted by molar-refractivity contribution is 5.53. The predicted molar refractivity (Wildman–Crippen MR) is 74.6 cm³/mol. The van der Waals surface area contributed by atoms with Crippen LogP contribution in [0.25, 0.3) is 0 Å². The second kappa shape index (κ2) is 9.61. The van der Waals surface area contributed by atoms with Gasteiger partial charge in [-0.3, -0.25) is 0 Å². The number of hydrogen-bond acceptors (Lipinski definition) is 5. The van der Waals surface area contributed by atoms with Crippen LogP contribution in [0.3, 0.4) is 0 Å². The van der Waals surface area contributed by atoms with Crippen molar-refractivity contribution >= 4 is 5.69 Å². The van der Waals surface area contributed by atoms with Gasteiger partial charge in [-0.25, -0.2) is 0 Å². The summed E-state index contributed by atoms with van der Waals surface area (Å²) in [7, 11) is 1.65. The number of nitrogens with two attached hydrogens (primary N) is 1. The molecule has 0 unspecified atom stereocenters. The Bertz CT molecular complexity index is 357. The van der Waals surface area contributed by atoms with Crippen LogP contribution in [0.1, 0.15) is 5.56 Å². The highest BCUT2D eigenvalue weighted by atomic mass is 16.6. The van der Waals surface area contributed by atoms with Crippen molar-refractivity contribution in [3.63, 3.8) is 0 Å². The molecule has 5 nitrogen and oxygen atoms in total. The molecule has 0 aliphatic carbocycles. The van der Waals surface area contributed by atoms with Crippen molar-refractivity contribution in [3.05, 3.63) is 23.8 Å². The summed E-state index contributed by atoms with van der Waals surface area (Å²) in [6, 6.07) is 5.72. The van der Waals surface area contributed by atoms with E-state index in [0.717, 1.165) is 5.56 Å². The summed E-state index contributed by atoms with van der Waals surface area (Å²) >= 11 is 0. The second-order valence-corrected chi connectivity index (χ2v) is 4.11. The van der Waals surface area contributed by atoms with E-state index in [0.29, 0.717) is 51.1 Å². The average Bonchev–Trinajstić information content (AvgIpc) is 2.40. The first-order valence-electron chi connectivity index (χ1n) is 6.37. The quantitative estimate of drug-likeness (QED) is 0.517. The Labute approximate surface area is 114 Å². The topological polar surface area (TPSA) is 62.9 Å². The maximum absolute atomic E-state index is 5.80. The van der Waals surface area contributed by atoms with E-state index in [1.807, 2.05) is 25.1 Å². The van der Waals surface area contributed by atoms with Gasteiger partial charge in [-0.05, 0) is 24.6 Å². The summed E-state index contributed by atoms with van der Waals surface area (Å²) in [6.45, 7) is 5.31. The molecule has 0 heterocycles. The van der Waals surface area contributed by atoms with Gasteiger partial charge in [0, 0.05) is 7.11 Å². The molecular weight excluding hydrogens is 246 g/mol. The maximum Gasteiger partial charge on any atom is 0.142 e. The molecule has 0 aliphatic rings. The molecule has 0 atom stereocenters. The molecule has 19 heavy (non-hydrogen) atoms. The van der Waals surface area contributed by atoms with Crippen LogP contribution >= 0.6 is 0 Å². The van der Waals surface area contributed by atoms with Crippen LogP contribution in [0.4, 0.5) is 5.69 Å². The van der Waals surface area contributed by atoms with Gasteiger partial charge in [0.15, 0.2) is 0 Å². The zero-order valence-corrected chi connectivity index (χ0v) is 11.7. The normalized spacial score (nSPS) is 10.6. The Morgan fingerprint density at radius 2 is 1.58 bits per heavy atom. The summed E-state index contributed by atoms with van der Waals surface area (Å²) < 4.78 is 21.0. The third-order valence-electron chi connectivity index (χ3n) is 2.46. The Balaban J connectivity index is 2.03. The molecule has 0 fully saturated rings. The Kier molecular flexibility index (Phi) is 7.97. The smallest absolute Gasteiger partial charge is 0.142 e. The number of aryl methyl sites for hydroxylation is 1. The van der Waals surface area contributed by atoms with E-state index in [2.05, 4.69) is 0 Å². The Morgan fingerprint density at radius 1 is 0.947 bits per heavy atom. The molecular formula is C14H23NO4. The molecule has 0 bridgehead atoms. The van der Waals surface area contributed by atoms with Crippen LogP contribution in [-0.4, -0.2) is 46.8 Å². The van der Waals surface area contributed by atoms with Crippen molar-refractivity contribution in [2.24, 2.45) is 0 Å². The van der Waals surface area contributed by atoms with Gasteiger partial charge < -0.3 is 24.7 Å². The van der Waals surface area contributed by atoms with E-state index < -0.39 is 0 Å². The van der Waals surface area contributed by atoms with Gasteiger partial charge in [-0.1, -0.05) is 6.07 Å². The molecule has 108 valence electrons. The summed E-state index contributed by atoms with van der Waals surface area (Å²) in [5, 5.41) is 0. The lowest BCUT2D eigenvalue weighted by atomic mass is 10.2. The standard InChI is InChI=1S/C14H23NO4/c1-12-3-4-13(15)14(11-12)19-10-9-18-8-7-17-6-5-16-2/h3-4,11H,5-10,15H2,1-2H3. The van der Waals surface area contributed by atoms with E-state index in [1.165, 1.54) is 0 Å². The van der Waals surface area contributed by atoms with Crippen molar-refractivity contribution in [2.75, 3.05) is 52.5 Å². The number of methoxy groups -OCH3 is 1. The first-order valence-corrected chi connectivity index (χ1v) is 6.37. The minimum atomic E-state index is 0.478. The molecule has 0 aromatic heterocycles. The van der Waals surface area contributed by atoms with Crippen molar-refractivity contribution in [3.8, 4) is 5.75 Å². The number of rotatable bonds is 10. The summed E-state index contributed by atoms with van der Waals surface area (Å²) in [4.78, 5) is 0. The summed E-state index contributed by atoms with van der Waals surface area (Å²) in [6.07, 6.45) is 0. The fourth-order valence-electron chi connectivity index (χ4n) is 1.44. The van der Waals surface area contributed by atoms with Gasteiger partial charge in [0.05, 0.1) is 38.7 Å². The van der Waals surface area contributed by atoms with E-state index in [4.69, 9.17) is 24.7 Å². The SMILES string of the molecule is COCCOCCOCCOc1cc(C)ccc1N. The van der Waals surface area contributed by atoms with Crippen molar-refractivity contribution in [1.82, 2.24) is 0 Å².